The van der Waals surface area contributed by atoms with E-state index in [9.17, 15) is 0 Å². The van der Waals surface area contributed by atoms with E-state index in [0.29, 0.717) is 13.2 Å². The topological polar surface area (TPSA) is 49.7 Å². The van der Waals surface area contributed by atoms with E-state index < -0.39 is 7.12 Å². The van der Waals surface area contributed by atoms with Gasteiger partial charge < -0.3 is 14.8 Å². The Kier molecular flexibility index (Phi) is 2.86. The van der Waals surface area contributed by atoms with Crippen LogP contribution in [0.1, 0.15) is 11.5 Å². The molecule has 1 aliphatic rings. The summed E-state index contributed by atoms with van der Waals surface area (Å²) in [7, 11) is -1.29. The Balaban J connectivity index is 2.18. The van der Waals surface area contributed by atoms with Gasteiger partial charge in [-0.15, -0.1) is 0 Å². The first-order valence-corrected chi connectivity index (χ1v) is 4.78. The molecule has 2 atom stereocenters. The first-order valence-electron chi connectivity index (χ1n) is 4.78. The van der Waals surface area contributed by atoms with Crippen molar-refractivity contribution in [2.45, 2.75) is 11.7 Å². The molecule has 0 saturated carbocycles. The molecule has 0 aromatic heterocycles. The number of hydrogen-bond acceptors (Lipinski definition) is 3. The predicted molar refractivity (Wildman–Crippen MR) is 53.9 cm³/mol. The molecule has 2 N–H and O–H groups in total. The van der Waals surface area contributed by atoms with Gasteiger partial charge in [-0.2, -0.15) is 0 Å². The van der Waals surface area contributed by atoms with Crippen molar-refractivity contribution in [2.75, 3.05) is 13.2 Å². The molecule has 74 valence electrons. The molecule has 1 saturated heterocycles. The zero-order valence-corrected chi connectivity index (χ0v) is 7.84. The molecule has 0 aliphatic carbocycles. The van der Waals surface area contributed by atoms with Gasteiger partial charge in [0.05, 0.1) is 6.61 Å². The van der Waals surface area contributed by atoms with Crippen molar-refractivity contribution < 1.29 is 14.8 Å². The van der Waals surface area contributed by atoms with Gasteiger partial charge in [-0.3, -0.25) is 0 Å². The Morgan fingerprint density at radius 2 is 1.86 bits per heavy atom. The molecule has 0 bridgehead atoms. The largest absolute Gasteiger partial charge is 0.457 e. The second-order valence-electron chi connectivity index (χ2n) is 3.63. The van der Waals surface area contributed by atoms with Crippen LogP contribution in [0.2, 0.25) is 5.82 Å². The quantitative estimate of drug-likeness (QED) is 0.676. The molecule has 0 radical (unpaired) electrons. The van der Waals surface area contributed by atoms with E-state index in [1.165, 1.54) is 0 Å². The fraction of sp³-hybridized carbons (Fsp3) is 0.400. The van der Waals surface area contributed by atoms with Gasteiger partial charge >= 0.3 is 7.12 Å². The van der Waals surface area contributed by atoms with Crippen molar-refractivity contribution in [1.82, 2.24) is 0 Å². The van der Waals surface area contributed by atoms with Crippen LogP contribution in [0.5, 0.6) is 0 Å². The normalized spacial score (nSPS) is 26.4. The van der Waals surface area contributed by atoms with Gasteiger partial charge in [0.25, 0.3) is 0 Å². The molecule has 2 rings (SSSR count). The van der Waals surface area contributed by atoms with Gasteiger partial charge in [-0.25, -0.2) is 0 Å². The zero-order chi connectivity index (χ0) is 9.97. The van der Waals surface area contributed by atoms with Crippen LogP contribution < -0.4 is 0 Å². The van der Waals surface area contributed by atoms with Gasteiger partial charge in [0, 0.05) is 18.3 Å². The summed E-state index contributed by atoms with van der Waals surface area (Å²) in [5.74, 6) is -0.0893. The average molecular weight is 192 g/mol. The Hall–Kier alpha value is -0.835. The van der Waals surface area contributed by atoms with Crippen LogP contribution in [0.25, 0.3) is 0 Å². The second-order valence-corrected chi connectivity index (χ2v) is 3.63. The highest BCUT2D eigenvalue weighted by molar-refractivity contribution is 6.43. The lowest BCUT2D eigenvalue weighted by Crippen LogP contribution is -2.24. The molecule has 1 aliphatic heterocycles. The summed E-state index contributed by atoms with van der Waals surface area (Å²) in [6.07, 6.45) is 0. The van der Waals surface area contributed by atoms with Crippen LogP contribution in [0.4, 0.5) is 0 Å². The van der Waals surface area contributed by atoms with Crippen molar-refractivity contribution in [2.24, 2.45) is 0 Å². The maximum absolute atomic E-state index is 9.16. The summed E-state index contributed by atoms with van der Waals surface area (Å²) < 4.78 is 5.27. The van der Waals surface area contributed by atoms with E-state index >= 15 is 0 Å². The summed E-state index contributed by atoms with van der Waals surface area (Å²) in [4.78, 5) is 0. The lowest BCUT2D eigenvalue weighted by molar-refractivity contribution is 0.191. The van der Waals surface area contributed by atoms with Crippen LogP contribution in [0.3, 0.4) is 0 Å². The second kappa shape index (κ2) is 4.13. The van der Waals surface area contributed by atoms with Crippen LogP contribution in [-0.2, 0) is 4.74 Å². The van der Waals surface area contributed by atoms with Gasteiger partial charge in [-0.1, -0.05) is 30.3 Å². The summed E-state index contributed by atoms with van der Waals surface area (Å²) in [6.45, 7) is 1.00. The summed E-state index contributed by atoms with van der Waals surface area (Å²) in [5, 5.41) is 18.3. The highest BCUT2D eigenvalue weighted by atomic mass is 16.5. The monoisotopic (exact) mass is 192 g/mol. The average Bonchev–Trinajstić information content (AvgIpc) is 2.67. The maximum atomic E-state index is 9.16. The fourth-order valence-electron chi connectivity index (χ4n) is 1.91. The third-order valence-corrected chi connectivity index (χ3v) is 2.74. The minimum atomic E-state index is -1.29. The zero-order valence-electron chi connectivity index (χ0n) is 7.84. The lowest BCUT2D eigenvalue weighted by atomic mass is 9.65. The highest BCUT2D eigenvalue weighted by Gasteiger charge is 2.37. The summed E-state index contributed by atoms with van der Waals surface area (Å²) in [6, 6.07) is 9.84. The molecule has 1 aromatic carbocycles. The van der Waals surface area contributed by atoms with E-state index in [1.807, 2.05) is 30.3 Å². The molecule has 0 amide bonds. The predicted octanol–water partition coefficient (Wildman–Crippen LogP) is 0.643. The minimum Gasteiger partial charge on any atom is -0.427 e. The molecule has 14 heavy (non-hydrogen) atoms. The molecule has 1 aromatic rings. The van der Waals surface area contributed by atoms with E-state index in [4.69, 9.17) is 14.8 Å². The lowest BCUT2D eigenvalue weighted by Gasteiger charge is -2.16. The number of hydrogen-bond donors (Lipinski definition) is 2. The van der Waals surface area contributed by atoms with Gasteiger partial charge in [0.1, 0.15) is 0 Å². The van der Waals surface area contributed by atoms with E-state index in [0.717, 1.165) is 5.56 Å². The van der Waals surface area contributed by atoms with Crippen LogP contribution >= 0.6 is 0 Å². The molecule has 1 heterocycles. The van der Waals surface area contributed by atoms with Gasteiger partial charge in [0.15, 0.2) is 0 Å². The number of rotatable bonds is 2. The first-order chi connectivity index (χ1) is 6.79. The van der Waals surface area contributed by atoms with Crippen molar-refractivity contribution in [3.63, 3.8) is 0 Å². The highest BCUT2D eigenvalue weighted by Crippen LogP contribution is 2.35. The van der Waals surface area contributed by atoms with Gasteiger partial charge in [0.2, 0.25) is 0 Å². The minimum absolute atomic E-state index is 0.108. The SMILES string of the molecule is OB(O)C1COCC1c1ccccc1. The van der Waals surface area contributed by atoms with Crippen LogP contribution in [-0.4, -0.2) is 30.4 Å². The van der Waals surface area contributed by atoms with Crippen molar-refractivity contribution in [1.29, 1.82) is 0 Å². The van der Waals surface area contributed by atoms with Crippen molar-refractivity contribution >= 4 is 7.12 Å². The third-order valence-electron chi connectivity index (χ3n) is 2.74. The molecule has 1 fully saturated rings. The molecule has 4 heteroatoms. The standard InChI is InChI=1S/C10H13BO3/c12-11(13)10-7-14-6-9(10)8-4-2-1-3-5-8/h1-5,9-10,12-13H,6-7H2. The Morgan fingerprint density at radius 1 is 1.14 bits per heavy atom. The maximum Gasteiger partial charge on any atom is 0.457 e. The molecule has 0 spiro atoms. The molecule has 3 nitrogen and oxygen atoms in total. The smallest absolute Gasteiger partial charge is 0.427 e. The summed E-state index contributed by atoms with van der Waals surface area (Å²) in [5.41, 5.74) is 1.11. The number of benzene rings is 1. The Labute approximate surface area is 83.5 Å². The van der Waals surface area contributed by atoms with E-state index in [1.54, 1.807) is 0 Å². The van der Waals surface area contributed by atoms with Gasteiger partial charge in [-0.05, 0) is 5.56 Å². The summed E-state index contributed by atoms with van der Waals surface area (Å²) >= 11 is 0. The molecular weight excluding hydrogens is 179 g/mol. The van der Waals surface area contributed by atoms with E-state index in [2.05, 4.69) is 0 Å². The van der Waals surface area contributed by atoms with E-state index in [-0.39, 0.29) is 11.7 Å². The molecular formula is C10H13BO3. The fourth-order valence-corrected chi connectivity index (χ4v) is 1.91. The Bertz CT molecular complexity index is 289. The molecule has 2 unspecified atom stereocenters. The van der Waals surface area contributed by atoms with Crippen LogP contribution in [0, 0.1) is 0 Å². The number of ether oxygens (including phenoxy) is 1. The third kappa shape index (κ3) is 1.82. The first kappa shape index (κ1) is 9.71. The van der Waals surface area contributed by atoms with Crippen molar-refractivity contribution in [3.05, 3.63) is 35.9 Å². The van der Waals surface area contributed by atoms with Crippen molar-refractivity contribution in [3.8, 4) is 0 Å². The van der Waals surface area contributed by atoms with Crippen LogP contribution in [0.15, 0.2) is 30.3 Å². The Morgan fingerprint density at radius 3 is 2.50 bits per heavy atom.